The number of anilines is 1. The summed E-state index contributed by atoms with van der Waals surface area (Å²) in [7, 11) is -0.584. The topological polar surface area (TPSA) is 101 Å². The van der Waals surface area contributed by atoms with Gasteiger partial charge < -0.3 is 15.4 Å². The van der Waals surface area contributed by atoms with E-state index in [4.69, 9.17) is 4.74 Å². The Morgan fingerprint density at radius 1 is 1.38 bits per heavy atom. The summed E-state index contributed by atoms with van der Waals surface area (Å²) in [5, 5.41) is 3.74. The van der Waals surface area contributed by atoms with E-state index >= 15 is 0 Å². The highest BCUT2D eigenvalue weighted by molar-refractivity contribution is 7.89. The molecule has 0 aliphatic heterocycles. The molecule has 1 unspecified atom stereocenters. The minimum atomic E-state index is -4.93. The molecule has 0 spiro atoms. The molecule has 2 N–H and O–H groups in total. The molecule has 0 aromatic carbocycles. The van der Waals surface area contributed by atoms with Crippen LogP contribution in [0.4, 0.5) is 23.7 Å². The first-order chi connectivity index (χ1) is 11.0. The standard InChI is InChI=1S/C12H17F3N4O4S/c1-19(2)24(21,22)7-9(12(13,14)15)18-11(20)17-8-4-5-10(23-3)16-6-8/h4-6,9H,7H2,1-3H3,(H2,17,18,20). The number of hydrogen-bond acceptors (Lipinski definition) is 5. The Bertz CT molecular complexity index is 662. The van der Waals surface area contributed by atoms with Crippen LogP contribution in [0.3, 0.4) is 0 Å². The number of sulfonamides is 1. The molecule has 0 fully saturated rings. The second-order valence-electron chi connectivity index (χ2n) is 4.84. The van der Waals surface area contributed by atoms with E-state index < -0.39 is 34.0 Å². The molecule has 0 aliphatic rings. The van der Waals surface area contributed by atoms with Gasteiger partial charge in [0.2, 0.25) is 15.9 Å². The summed E-state index contributed by atoms with van der Waals surface area (Å²) in [4.78, 5) is 15.5. The molecule has 1 aromatic heterocycles. The molecule has 0 radical (unpaired) electrons. The number of amides is 2. The van der Waals surface area contributed by atoms with Crippen molar-refractivity contribution in [1.29, 1.82) is 0 Å². The first-order valence-corrected chi connectivity index (χ1v) is 8.11. The molecule has 1 heterocycles. The molecular weight excluding hydrogens is 353 g/mol. The van der Waals surface area contributed by atoms with Crippen LogP contribution in [0.25, 0.3) is 0 Å². The molecule has 12 heteroatoms. The van der Waals surface area contributed by atoms with Crippen molar-refractivity contribution >= 4 is 21.7 Å². The van der Waals surface area contributed by atoms with Crippen LogP contribution in [0.15, 0.2) is 18.3 Å². The predicted molar refractivity (Wildman–Crippen MR) is 80.3 cm³/mol. The summed E-state index contributed by atoms with van der Waals surface area (Å²) in [6, 6.07) is -1.01. The average Bonchev–Trinajstić information content (AvgIpc) is 2.46. The van der Waals surface area contributed by atoms with Crippen LogP contribution in [0.2, 0.25) is 0 Å². The highest BCUT2D eigenvalue weighted by atomic mass is 32.2. The van der Waals surface area contributed by atoms with Crippen molar-refractivity contribution < 1.29 is 31.1 Å². The zero-order chi connectivity index (χ0) is 18.5. The van der Waals surface area contributed by atoms with Gasteiger partial charge in [-0.15, -0.1) is 0 Å². The van der Waals surface area contributed by atoms with Crippen molar-refractivity contribution in [1.82, 2.24) is 14.6 Å². The van der Waals surface area contributed by atoms with Gasteiger partial charge in [0.05, 0.1) is 24.7 Å². The van der Waals surface area contributed by atoms with E-state index in [0.717, 1.165) is 14.1 Å². The number of pyridine rings is 1. The van der Waals surface area contributed by atoms with Crippen molar-refractivity contribution in [3.8, 4) is 5.88 Å². The number of rotatable bonds is 6. The van der Waals surface area contributed by atoms with Gasteiger partial charge in [0.25, 0.3) is 0 Å². The van der Waals surface area contributed by atoms with Crippen molar-refractivity contribution in [3.05, 3.63) is 18.3 Å². The minimum Gasteiger partial charge on any atom is -0.481 e. The third-order valence-electron chi connectivity index (χ3n) is 2.84. The fraction of sp³-hybridized carbons (Fsp3) is 0.500. The number of aromatic nitrogens is 1. The zero-order valence-electron chi connectivity index (χ0n) is 13.1. The maximum atomic E-state index is 13.0. The van der Waals surface area contributed by atoms with Gasteiger partial charge in [-0.3, -0.25) is 0 Å². The number of carbonyl (C=O) groups excluding carboxylic acids is 1. The number of methoxy groups -OCH3 is 1. The van der Waals surface area contributed by atoms with Gasteiger partial charge in [0.1, 0.15) is 6.04 Å². The third-order valence-corrected chi connectivity index (χ3v) is 4.70. The lowest BCUT2D eigenvalue weighted by atomic mass is 10.3. The average molecular weight is 370 g/mol. The summed E-state index contributed by atoms with van der Waals surface area (Å²) in [6.07, 6.45) is -3.75. The second kappa shape index (κ2) is 7.66. The smallest absolute Gasteiger partial charge is 0.409 e. The normalized spacial score (nSPS) is 13.5. The van der Waals surface area contributed by atoms with Gasteiger partial charge in [-0.2, -0.15) is 13.2 Å². The Hall–Kier alpha value is -2.08. The largest absolute Gasteiger partial charge is 0.481 e. The molecule has 0 aliphatic carbocycles. The van der Waals surface area contributed by atoms with Crippen molar-refractivity contribution in [2.24, 2.45) is 0 Å². The van der Waals surface area contributed by atoms with Gasteiger partial charge >= 0.3 is 12.2 Å². The van der Waals surface area contributed by atoms with E-state index in [9.17, 15) is 26.4 Å². The lowest BCUT2D eigenvalue weighted by Gasteiger charge is -2.23. The Labute approximate surface area is 137 Å². The first kappa shape index (κ1) is 20.0. The number of hydrogen-bond donors (Lipinski definition) is 2. The lowest BCUT2D eigenvalue weighted by Crippen LogP contribution is -2.52. The van der Waals surface area contributed by atoms with Crippen molar-refractivity contribution in [3.63, 3.8) is 0 Å². The third kappa shape index (κ3) is 5.85. The van der Waals surface area contributed by atoms with Gasteiger partial charge in [0.15, 0.2) is 0 Å². The highest BCUT2D eigenvalue weighted by Crippen LogP contribution is 2.22. The number of halogens is 3. The Kier molecular flexibility index (Phi) is 6.37. The molecule has 8 nitrogen and oxygen atoms in total. The molecule has 2 amide bonds. The van der Waals surface area contributed by atoms with Crippen LogP contribution in [-0.2, 0) is 10.0 Å². The van der Waals surface area contributed by atoms with Crippen LogP contribution in [-0.4, -0.2) is 62.9 Å². The molecule has 24 heavy (non-hydrogen) atoms. The number of carbonyl (C=O) groups is 1. The van der Waals surface area contributed by atoms with E-state index in [1.165, 1.54) is 25.4 Å². The number of nitrogens with one attached hydrogen (secondary N) is 2. The number of nitrogens with zero attached hydrogens (tertiary/aromatic N) is 2. The van der Waals surface area contributed by atoms with Crippen molar-refractivity contribution in [2.45, 2.75) is 12.2 Å². The van der Waals surface area contributed by atoms with Crippen LogP contribution in [0, 0.1) is 0 Å². The molecule has 0 saturated carbocycles. The van der Waals surface area contributed by atoms with Gasteiger partial charge in [0, 0.05) is 20.2 Å². The Morgan fingerprint density at radius 2 is 2.00 bits per heavy atom. The van der Waals surface area contributed by atoms with E-state index in [1.54, 1.807) is 5.32 Å². The van der Waals surface area contributed by atoms with Gasteiger partial charge in [-0.25, -0.2) is 22.5 Å². The number of ether oxygens (including phenoxy) is 1. The van der Waals surface area contributed by atoms with Crippen LogP contribution in [0.1, 0.15) is 0 Å². The fourth-order valence-electron chi connectivity index (χ4n) is 1.48. The molecule has 136 valence electrons. The van der Waals surface area contributed by atoms with Crippen LogP contribution in [0.5, 0.6) is 5.88 Å². The SMILES string of the molecule is COc1ccc(NC(=O)NC(CS(=O)(=O)N(C)C)C(F)(F)F)cn1. The molecule has 1 rings (SSSR count). The summed E-state index contributed by atoms with van der Waals surface area (Å²) in [5.74, 6) is -1.05. The van der Waals surface area contributed by atoms with Gasteiger partial charge in [-0.1, -0.05) is 0 Å². The van der Waals surface area contributed by atoms with Crippen LogP contribution < -0.4 is 15.4 Å². The van der Waals surface area contributed by atoms with E-state index in [-0.39, 0.29) is 11.6 Å². The molecule has 0 saturated heterocycles. The quantitative estimate of drug-likeness (QED) is 0.779. The Balaban J connectivity index is 2.80. The minimum absolute atomic E-state index is 0.115. The van der Waals surface area contributed by atoms with Crippen molar-refractivity contribution in [2.75, 3.05) is 32.3 Å². The van der Waals surface area contributed by atoms with E-state index in [1.807, 2.05) is 0 Å². The maximum Gasteiger partial charge on any atom is 0.409 e. The number of urea groups is 1. The fourth-order valence-corrected chi connectivity index (χ4v) is 2.47. The maximum absolute atomic E-state index is 13.0. The van der Waals surface area contributed by atoms with E-state index in [2.05, 4.69) is 10.3 Å². The lowest BCUT2D eigenvalue weighted by molar-refractivity contribution is -0.147. The van der Waals surface area contributed by atoms with Crippen LogP contribution >= 0.6 is 0 Å². The zero-order valence-corrected chi connectivity index (χ0v) is 13.9. The van der Waals surface area contributed by atoms with E-state index in [0.29, 0.717) is 4.31 Å². The monoisotopic (exact) mass is 370 g/mol. The summed E-state index contributed by atoms with van der Waals surface area (Å²) < 4.78 is 67.6. The Morgan fingerprint density at radius 3 is 2.42 bits per heavy atom. The molecule has 1 atom stereocenters. The number of alkyl halides is 3. The molecule has 1 aromatic rings. The molecule has 0 bridgehead atoms. The molecular formula is C12H17F3N4O4S. The first-order valence-electron chi connectivity index (χ1n) is 6.50. The summed E-state index contributed by atoms with van der Waals surface area (Å²) >= 11 is 0. The predicted octanol–water partition coefficient (Wildman–Crippen LogP) is 1.03. The summed E-state index contributed by atoms with van der Waals surface area (Å²) in [6.45, 7) is 0. The highest BCUT2D eigenvalue weighted by Gasteiger charge is 2.44. The second-order valence-corrected chi connectivity index (χ2v) is 7.07. The summed E-state index contributed by atoms with van der Waals surface area (Å²) in [5.41, 5.74) is 0.115. The van der Waals surface area contributed by atoms with Gasteiger partial charge in [-0.05, 0) is 6.07 Å².